The van der Waals surface area contributed by atoms with Crippen LogP contribution >= 0.6 is 0 Å². The second-order valence-electron chi connectivity index (χ2n) is 9.64. The third-order valence-corrected chi connectivity index (χ3v) is 8.07. The summed E-state index contributed by atoms with van der Waals surface area (Å²) in [5.41, 5.74) is 6.25. The van der Waals surface area contributed by atoms with Gasteiger partial charge in [0.05, 0.1) is 36.8 Å². The molecule has 0 amide bonds. The van der Waals surface area contributed by atoms with Gasteiger partial charge in [-0.1, -0.05) is 0 Å². The van der Waals surface area contributed by atoms with Gasteiger partial charge >= 0.3 is 0 Å². The van der Waals surface area contributed by atoms with Gasteiger partial charge in [-0.25, -0.2) is 13.4 Å². The summed E-state index contributed by atoms with van der Waals surface area (Å²) in [7, 11) is -3.16. The Morgan fingerprint density at radius 2 is 1.74 bits per heavy atom. The number of nitrogens with zero attached hydrogens (tertiary/aromatic N) is 5. The molecule has 0 radical (unpaired) electrons. The van der Waals surface area contributed by atoms with E-state index in [1.807, 2.05) is 56.3 Å². The third-order valence-electron chi connectivity index (χ3n) is 6.77. The van der Waals surface area contributed by atoms with Crippen LogP contribution in [0.1, 0.15) is 27.9 Å². The zero-order valence-electron chi connectivity index (χ0n) is 22.1. The molecule has 2 aliphatic rings. The van der Waals surface area contributed by atoms with Crippen LogP contribution < -0.4 is 15.0 Å². The molecule has 2 aliphatic heterocycles. The van der Waals surface area contributed by atoms with E-state index in [0.29, 0.717) is 57.0 Å². The number of nitriles is 1. The number of fused-ring (bicyclic) bond motifs is 1. The van der Waals surface area contributed by atoms with Crippen molar-refractivity contribution in [1.29, 1.82) is 5.26 Å². The van der Waals surface area contributed by atoms with Crippen molar-refractivity contribution in [3.63, 3.8) is 0 Å². The highest BCUT2D eigenvalue weighted by Gasteiger charge is 2.24. The van der Waals surface area contributed by atoms with Crippen molar-refractivity contribution in [1.82, 2.24) is 14.3 Å². The maximum atomic E-state index is 11.8. The molecule has 0 aliphatic carbocycles. The lowest BCUT2D eigenvalue weighted by Gasteiger charge is -2.34. The lowest BCUT2D eigenvalue weighted by atomic mass is 10.1. The highest BCUT2D eigenvalue weighted by molar-refractivity contribution is 7.88. The molecule has 1 fully saturated rings. The van der Waals surface area contributed by atoms with Crippen LogP contribution in [0.4, 0.5) is 17.3 Å². The minimum Gasteiger partial charge on any atom is -0.438 e. The van der Waals surface area contributed by atoms with Gasteiger partial charge in [0.25, 0.3) is 0 Å². The fourth-order valence-corrected chi connectivity index (χ4v) is 5.62. The molecule has 11 heteroatoms. The van der Waals surface area contributed by atoms with Crippen LogP contribution in [0.2, 0.25) is 0 Å². The van der Waals surface area contributed by atoms with Gasteiger partial charge in [-0.3, -0.25) is 0 Å². The minimum atomic E-state index is -3.16. The van der Waals surface area contributed by atoms with Crippen LogP contribution in [-0.2, 0) is 28.0 Å². The predicted molar refractivity (Wildman–Crippen MR) is 150 cm³/mol. The fourth-order valence-electron chi connectivity index (χ4n) is 4.80. The van der Waals surface area contributed by atoms with Gasteiger partial charge in [0.15, 0.2) is 0 Å². The van der Waals surface area contributed by atoms with E-state index in [1.54, 1.807) is 6.08 Å². The first-order chi connectivity index (χ1) is 18.7. The van der Waals surface area contributed by atoms with E-state index in [4.69, 9.17) is 14.7 Å². The summed E-state index contributed by atoms with van der Waals surface area (Å²) in [6.45, 7) is 6.93. The number of hydrogen-bond donors (Lipinski definition) is 1. The van der Waals surface area contributed by atoms with Crippen molar-refractivity contribution in [2.75, 3.05) is 42.7 Å². The van der Waals surface area contributed by atoms with E-state index in [9.17, 15) is 8.42 Å². The first-order valence-corrected chi connectivity index (χ1v) is 14.5. The van der Waals surface area contributed by atoms with Gasteiger partial charge in [0.2, 0.25) is 21.9 Å². The molecule has 202 valence electrons. The number of anilines is 3. The van der Waals surface area contributed by atoms with Gasteiger partial charge in [-0.05, 0) is 73.0 Å². The Morgan fingerprint density at radius 1 is 1.05 bits per heavy atom. The zero-order chi connectivity index (χ0) is 27.6. The number of sulfonamides is 1. The SMILES string of the molecule is Cc1cc(/C=C/C#N)cc(C)c1Oc1nc(Nc2ccc(N3CCN(S(C)(=O)=O)CC3)cc2)nc2c1COC2. The van der Waals surface area contributed by atoms with Crippen molar-refractivity contribution in [3.05, 3.63) is 70.4 Å². The van der Waals surface area contributed by atoms with Crippen molar-refractivity contribution in [2.45, 2.75) is 27.1 Å². The molecule has 39 heavy (non-hydrogen) atoms. The molecule has 0 saturated carbocycles. The lowest BCUT2D eigenvalue weighted by molar-refractivity contribution is 0.132. The predicted octanol–water partition coefficient (Wildman–Crippen LogP) is 4.28. The molecule has 0 unspecified atom stereocenters. The van der Waals surface area contributed by atoms with Crippen LogP contribution in [0.5, 0.6) is 11.6 Å². The molecule has 10 nitrogen and oxygen atoms in total. The summed E-state index contributed by atoms with van der Waals surface area (Å²) >= 11 is 0. The largest absolute Gasteiger partial charge is 0.438 e. The normalized spacial score (nSPS) is 15.8. The topological polar surface area (TPSA) is 121 Å². The van der Waals surface area contributed by atoms with E-state index in [1.165, 1.54) is 16.6 Å². The summed E-state index contributed by atoms with van der Waals surface area (Å²) in [6, 6.07) is 13.9. The van der Waals surface area contributed by atoms with Crippen LogP contribution in [0.25, 0.3) is 6.08 Å². The van der Waals surface area contributed by atoms with E-state index < -0.39 is 10.0 Å². The lowest BCUT2D eigenvalue weighted by Crippen LogP contribution is -2.48. The van der Waals surface area contributed by atoms with Crippen molar-refractivity contribution >= 4 is 33.4 Å². The number of aromatic nitrogens is 2. The number of piperazine rings is 1. The monoisotopic (exact) mass is 546 g/mol. The fraction of sp³-hybridized carbons (Fsp3) is 0.321. The van der Waals surface area contributed by atoms with Crippen LogP contribution in [-0.4, -0.2) is 55.1 Å². The molecule has 1 saturated heterocycles. The van der Waals surface area contributed by atoms with Gasteiger partial charge in [-0.2, -0.15) is 14.6 Å². The van der Waals surface area contributed by atoms with Crippen LogP contribution in [0.3, 0.4) is 0 Å². The van der Waals surface area contributed by atoms with E-state index in [-0.39, 0.29) is 0 Å². The quantitative estimate of drug-likeness (QED) is 0.433. The molecule has 5 rings (SSSR count). The zero-order valence-corrected chi connectivity index (χ0v) is 23.0. The van der Waals surface area contributed by atoms with Crippen LogP contribution in [0.15, 0.2) is 42.5 Å². The maximum absolute atomic E-state index is 11.8. The number of benzene rings is 2. The van der Waals surface area contributed by atoms with E-state index >= 15 is 0 Å². The Balaban J connectivity index is 1.33. The molecule has 0 bridgehead atoms. The highest BCUT2D eigenvalue weighted by atomic mass is 32.2. The summed E-state index contributed by atoms with van der Waals surface area (Å²) in [4.78, 5) is 11.5. The molecule has 0 atom stereocenters. The number of rotatable bonds is 7. The summed E-state index contributed by atoms with van der Waals surface area (Å²) in [5.74, 6) is 1.57. The molecule has 0 spiro atoms. The van der Waals surface area contributed by atoms with Gasteiger partial charge < -0.3 is 19.7 Å². The Kier molecular flexibility index (Phi) is 7.52. The van der Waals surface area contributed by atoms with Crippen molar-refractivity contribution < 1.29 is 17.9 Å². The van der Waals surface area contributed by atoms with Gasteiger partial charge in [0.1, 0.15) is 5.75 Å². The molecule has 1 N–H and O–H groups in total. The van der Waals surface area contributed by atoms with Crippen molar-refractivity contribution in [2.24, 2.45) is 0 Å². The summed E-state index contributed by atoms with van der Waals surface area (Å²) in [6.07, 6.45) is 4.47. The first-order valence-electron chi connectivity index (χ1n) is 12.6. The minimum absolute atomic E-state index is 0.382. The molecule has 1 aromatic heterocycles. The Bertz CT molecular complexity index is 1530. The molecular formula is C28H30N6O4S. The highest BCUT2D eigenvalue weighted by Crippen LogP contribution is 2.35. The molecular weight excluding hydrogens is 516 g/mol. The van der Waals surface area contributed by atoms with Crippen molar-refractivity contribution in [3.8, 4) is 17.7 Å². The molecule has 3 heterocycles. The Morgan fingerprint density at radius 3 is 2.38 bits per heavy atom. The van der Waals surface area contributed by atoms with Gasteiger partial charge in [-0.15, -0.1) is 0 Å². The summed E-state index contributed by atoms with van der Waals surface area (Å²) in [5, 5.41) is 12.1. The average Bonchev–Trinajstić information content (AvgIpc) is 3.38. The van der Waals surface area contributed by atoms with Crippen LogP contribution in [0, 0.1) is 25.2 Å². The van der Waals surface area contributed by atoms with E-state index in [2.05, 4.69) is 20.2 Å². The number of hydrogen-bond acceptors (Lipinski definition) is 9. The summed E-state index contributed by atoms with van der Waals surface area (Å²) < 4.78 is 37.1. The number of aryl methyl sites for hydroxylation is 2. The number of ether oxygens (including phenoxy) is 2. The second-order valence-corrected chi connectivity index (χ2v) is 11.6. The second kappa shape index (κ2) is 11.0. The first kappa shape index (κ1) is 26.6. The number of nitrogens with one attached hydrogen (secondary N) is 1. The van der Waals surface area contributed by atoms with E-state index in [0.717, 1.165) is 39.3 Å². The Hall–Kier alpha value is -3.98. The molecule has 3 aromatic rings. The van der Waals surface area contributed by atoms with Gasteiger partial charge in [0, 0.05) is 43.6 Å². The standard InChI is InChI=1S/C28H30N6O4S/c1-19-15-21(5-4-10-29)16-20(2)26(19)38-27-24-17-37-18-25(24)31-28(32-27)30-22-6-8-23(9-7-22)33-11-13-34(14-12-33)39(3,35)36/h4-9,15-16H,11-14,17-18H2,1-3H3,(H,30,31,32)/b5-4+. The Labute approximate surface area is 228 Å². The number of allylic oxidation sites excluding steroid dienone is 1. The average molecular weight is 547 g/mol. The third kappa shape index (κ3) is 6.04. The molecule has 2 aromatic carbocycles. The maximum Gasteiger partial charge on any atom is 0.230 e. The smallest absolute Gasteiger partial charge is 0.230 e.